The summed E-state index contributed by atoms with van der Waals surface area (Å²) >= 11 is 0.891. The molecule has 2 aromatic rings. The van der Waals surface area contributed by atoms with Crippen LogP contribution in [0.1, 0.15) is 9.67 Å². The van der Waals surface area contributed by atoms with Gasteiger partial charge >= 0.3 is 5.97 Å². The zero-order valence-electron chi connectivity index (χ0n) is 10.5. The SMILES string of the molecule is COCC(=O)Nc1nc(-c2cccnc2)c(C(=O)O)s1. The maximum atomic E-state index is 11.4. The van der Waals surface area contributed by atoms with Crippen molar-refractivity contribution in [2.24, 2.45) is 0 Å². The van der Waals surface area contributed by atoms with Gasteiger partial charge in [-0.05, 0) is 12.1 Å². The molecule has 1 amide bonds. The fraction of sp³-hybridized carbons (Fsp3) is 0.167. The Labute approximate surface area is 118 Å². The molecule has 104 valence electrons. The molecule has 0 bridgehead atoms. The third-order valence-electron chi connectivity index (χ3n) is 2.28. The highest BCUT2D eigenvalue weighted by Gasteiger charge is 2.19. The molecule has 0 aromatic carbocycles. The van der Waals surface area contributed by atoms with Gasteiger partial charge in [0.25, 0.3) is 5.91 Å². The van der Waals surface area contributed by atoms with Gasteiger partial charge < -0.3 is 9.84 Å². The molecule has 2 aromatic heterocycles. The van der Waals surface area contributed by atoms with Gasteiger partial charge in [0, 0.05) is 25.1 Å². The lowest BCUT2D eigenvalue weighted by molar-refractivity contribution is -0.119. The van der Waals surface area contributed by atoms with E-state index >= 15 is 0 Å². The summed E-state index contributed by atoms with van der Waals surface area (Å²) in [6, 6.07) is 3.39. The molecule has 0 aliphatic carbocycles. The number of carboxylic acid groups (broad SMARTS) is 1. The number of rotatable bonds is 5. The number of nitrogens with one attached hydrogen (secondary N) is 1. The number of thiazole rings is 1. The fourth-order valence-corrected chi connectivity index (χ4v) is 2.35. The smallest absolute Gasteiger partial charge is 0.348 e. The quantitative estimate of drug-likeness (QED) is 0.866. The monoisotopic (exact) mass is 293 g/mol. The number of pyridine rings is 1. The number of carbonyl (C=O) groups excluding carboxylic acids is 1. The van der Waals surface area contributed by atoms with E-state index in [1.165, 1.54) is 13.3 Å². The molecule has 2 N–H and O–H groups in total. The lowest BCUT2D eigenvalue weighted by atomic mass is 10.2. The molecule has 7 nitrogen and oxygen atoms in total. The van der Waals surface area contributed by atoms with Crippen LogP contribution in [0.25, 0.3) is 11.3 Å². The van der Waals surface area contributed by atoms with Gasteiger partial charge in [0.2, 0.25) is 0 Å². The predicted molar refractivity (Wildman–Crippen MR) is 72.8 cm³/mol. The molecule has 0 aliphatic rings. The number of hydrogen-bond donors (Lipinski definition) is 2. The molecule has 2 rings (SSSR count). The number of carboxylic acids is 1. The number of methoxy groups -OCH3 is 1. The summed E-state index contributed by atoms with van der Waals surface area (Å²) in [4.78, 5) is 30.7. The number of anilines is 1. The van der Waals surface area contributed by atoms with E-state index in [0.29, 0.717) is 5.56 Å². The van der Waals surface area contributed by atoms with Crippen molar-refractivity contribution in [2.45, 2.75) is 0 Å². The van der Waals surface area contributed by atoms with E-state index in [0.717, 1.165) is 11.3 Å². The van der Waals surface area contributed by atoms with Crippen LogP contribution < -0.4 is 5.32 Å². The van der Waals surface area contributed by atoms with Crippen LogP contribution in [0.4, 0.5) is 5.13 Å². The van der Waals surface area contributed by atoms with Crippen LogP contribution in [0.3, 0.4) is 0 Å². The Hall–Kier alpha value is -2.32. The van der Waals surface area contributed by atoms with Gasteiger partial charge in [0.05, 0.1) is 5.69 Å². The molecule has 0 atom stereocenters. The zero-order valence-corrected chi connectivity index (χ0v) is 11.3. The van der Waals surface area contributed by atoms with E-state index in [-0.39, 0.29) is 22.3 Å². The maximum Gasteiger partial charge on any atom is 0.348 e. The molecule has 0 spiro atoms. The second kappa shape index (κ2) is 6.22. The molecule has 20 heavy (non-hydrogen) atoms. The van der Waals surface area contributed by atoms with E-state index in [9.17, 15) is 14.7 Å². The van der Waals surface area contributed by atoms with E-state index < -0.39 is 11.9 Å². The summed E-state index contributed by atoms with van der Waals surface area (Å²) in [5.41, 5.74) is 0.858. The minimum Gasteiger partial charge on any atom is -0.477 e. The second-order valence-electron chi connectivity index (χ2n) is 3.72. The van der Waals surface area contributed by atoms with E-state index in [1.807, 2.05) is 0 Å². The number of amides is 1. The van der Waals surface area contributed by atoms with Crippen molar-refractivity contribution in [1.29, 1.82) is 0 Å². The third-order valence-corrected chi connectivity index (χ3v) is 3.24. The summed E-state index contributed by atoms with van der Waals surface area (Å²) in [5.74, 6) is -1.50. The topological polar surface area (TPSA) is 101 Å². The van der Waals surface area contributed by atoms with Crippen LogP contribution in [0.2, 0.25) is 0 Å². The average Bonchev–Trinajstić information content (AvgIpc) is 2.84. The molecule has 8 heteroatoms. The Morgan fingerprint density at radius 2 is 2.30 bits per heavy atom. The molecular weight excluding hydrogens is 282 g/mol. The largest absolute Gasteiger partial charge is 0.477 e. The molecule has 0 saturated carbocycles. The van der Waals surface area contributed by atoms with Crippen molar-refractivity contribution in [3.63, 3.8) is 0 Å². The Morgan fingerprint density at radius 3 is 2.90 bits per heavy atom. The Balaban J connectivity index is 2.34. The van der Waals surface area contributed by atoms with Crippen molar-refractivity contribution in [3.05, 3.63) is 29.4 Å². The van der Waals surface area contributed by atoms with Gasteiger partial charge in [-0.15, -0.1) is 0 Å². The molecule has 0 fully saturated rings. The Bertz CT molecular complexity index is 627. The van der Waals surface area contributed by atoms with E-state index in [1.54, 1.807) is 18.3 Å². The first-order valence-corrected chi connectivity index (χ1v) is 6.36. The minimum absolute atomic E-state index is 0.0470. The van der Waals surface area contributed by atoms with Crippen LogP contribution in [0.5, 0.6) is 0 Å². The highest BCUT2D eigenvalue weighted by atomic mass is 32.1. The number of nitrogens with zero attached hydrogens (tertiary/aromatic N) is 2. The van der Waals surface area contributed by atoms with Crippen molar-refractivity contribution < 1.29 is 19.4 Å². The number of aromatic nitrogens is 2. The first-order valence-electron chi connectivity index (χ1n) is 5.55. The molecule has 0 radical (unpaired) electrons. The summed E-state index contributed by atoms with van der Waals surface area (Å²) in [6.45, 7) is -0.121. The highest BCUT2D eigenvalue weighted by molar-refractivity contribution is 7.18. The van der Waals surface area contributed by atoms with E-state index in [2.05, 4.69) is 20.0 Å². The van der Waals surface area contributed by atoms with Crippen molar-refractivity contribution >= 4 is 28.3 Å². The summed E-state index contributed by atoms with van der Waals surface area (Å²) in [6.07, 6.45) is 3.10. The number of ether oxygens (including phenoxy) is 1. The summed E-state index contributed by atoms with van der Waals surface area (Å²) in [5, 5.41) is 11.9. The number of carbonyl (C=O) groups is 2. The van der Waals surface area contributed by atoms with Gasteiger partial charge in [0.1, 0.15) is 11.5 Å². The number of aromatic carboxylic acids is 1. The molecule has 0 aliphatic heterocycles. The molecule has 2 heterocycles. The highest BCUT2D eigenvalue weighted by Crippen LogP contribution is 2.30. The van der Waals surface area contributed by atoms with Crippen LogP contribution in [-0.4, -0.2) is 40.7 Å². The minimum atomic E-state index is -1.10. The van der Waals surface area contributed by atoms with Gasteiger partial charge in [-0.3, -0.25) is 15.1 Å². The van der Waals surface area contributed by atoms with Gasteiger partial charge in [-0.2, -0.15) is 0 Å². The normalized spacial score (nSPS) is 10.2. The Kier molecular flexibility index (Phi) is 4.38. The van der Waals surface area contributed by atoms with Crippen molar-refractivity contribution in [2.75, 3.05) is 19.0 Å². The van der Waals surface area contributed by atoms with E-state index in [4.69, 9.17) is 0 Å². The first kappa shape index (κ1) is 14.1. The lowest BCUT2D eigenvalue weighted by Gasteiger charge is -1.99. The van der Waals surface area contributed by atoms with Crippen LogP contribution in [0.15, 0.2) is 24.5 Å². The third kappa shape index (κ3) is 3.16. The Morgan fingerprint density at radius 1 is 1.50 bits per heavy atom. The second-order valence-corrected chi connectivity index (χ2v) is 4.72. The van der Waals surface area contributed by atoms with Crippen LogP contribution in [-0.2, 0) is 9.53 Å². The first-order chi connectivity index (χ1) is 9.61. The predicted octanol–water partition coefficient (Wildman–Crippen LogP) is 1.49. The fourth-order valence-electron chi connectivity index (χ4n) is 1.50. The molecule has 0 saturated heterocycles. The lowest BCUT2D eigenvalue weighted by Crippen LogP contribution is -2.16. The van der Waals surface area contributed by atoms with Crippen LogP contribution >= 0.6 is 11.3 Å². The van der Waals surface area contributed by atoms with Gasteiger partial charge in [-0.25, -0.2) is 9.78 Å². The van der Waals surface area contributed by atoms with Gasteiger partial charge in [0.15, 0.2) is 5.13 Å². The molecule has 0 unspecified atom stereocenters. The number of hydrogen-bond acceptors (Lipinski definition) is 6. The molecular formula is C12H11N3O4S. The van der Waals surface area contributed by atoms with Crippen molar-refractivity contribution in [1.82, 2.24) is 9.97 Å². The van der Waals surface area contributed by atoms with Crippen molar-refractivity contribution in [3.8, 4) is 11.3 Å². The average molecular weight is 293 g/mol. The maximum absolute atomic E-state index is 11.4. The zero-order chi connectivity index (χ0) is 14.5. The standard InChI is InChI=1S/C12H11N3O4S/c1-19-6-8(16)14-12-15-9(10(20-12)11(17)18)7-3-2-4-13-5-7/h2-5H,6H2,1H3,(H,17,18)(H,14,15,16). The summed E-state index contributed by atoms with van der Waals surface area (Å²) in [7, 11) is 1.39. The summed E-state index contributed by atoms with van der Waals surface area (Å²) < 4.78 is 4.68. The van der Waals surface area contributed by atoms with Gasteiger partial charge in [-0.1, -0.05) is 11.3 Å². The van der Waals surface area contributed by atoms with Crippen LogP contribution in [0, 0.1) is 0 Å².